The van der Waals surface area contributed by atoms with E-state index in [0.29, 0.717) is 18.9 Å². The summed E-state index contributed by atoms with van der Waals surface area (Å²) in [5.41, 5.74) is -1.08. The Morgan fingerprint density at radius 3 is 2.67 bits per heavy atom. The first-order chi connectivity index (χ1) is 11.0. The van der Waals surface area contributed by atoms with Crippen molar-refractivity contribution in [3.63, 3.8) is 0 Å². The SMILES string of the molecule is CC1(S(=O)(=O)c2cccc(C(F)(F)F)c2)OCCCC1CS(=O)O. The van der Waals surface area contributed by atoms with E-state index in [2.05, 4.69) is 0 Å². The monoisotopic (exact) mass is 386 g/mol. The van der Waals surface area contributed by atoms with Gasteiger partial charge in [-0.05, 0) is 38.0 Å². The Hall–Kier alpha value is -0.970. The van der Waals surface area contributed by atoms with Gasteiger partial charge in [-0.25, -0.2) is 12.6 Å². The van der Waals surface area contributed by atoms with Gasteiger partial charge in [0, 0.05) is 12.5 Å². The van der Waals surface area contributed by atoms with E-state index in [0.717, 1.165) is 18.2 Å². The van der Waals surface area contributed by atoms with Crippen LogP contribution in [-0.4, -0.2) is 34.5 Å². The average Bonchev–Trinajstić information content (AvgIpc) is 2.48. The number of alkyl halides is 3. The topological polar surface area (TPSA) is 80.7 Å². The van der Waals surface area contributed by atoms with Gasteiger partial charge in [0.15, 0.2) is 16.0 Å². The molecular weight excluding hydrogens is 369 g/mol. The molecule has 0 radical (unpaired) electrons. The first kappa shape index (κ1) is 19.4. The zero-order chi connectivity index (χ0) is 18.2. The third kappa shape index (κ3) is 3.66. The molecule has 0 aromatic heterocycles. The summed E-state index contributed by atoms with van der Waals surface area (Å²) < 4.78 is 90.0. The number of rotatable bonds is 4. The molecule has 0 bridgehead atoms. The summed E-state index contributed by atoms with van der Waals surface area (Å²) in [6, 6.07) is 3.43. The Morgan fingerprint density at radius 2 is 2.08 bits per heavy atom. The van der Waals surface area contributed by atoms with Gasteiger partial charge in [0.05, 0.1) is 16.2 Å². The molecule has 1 aromatic carbocycles. The van der Waals surface area contributed by atoms with E-state index in [4.69, 9.17) is 9.29 Å². The van der Waals surface area contributed by atoms with Crippen LogP contribution in [0.2, 0.25) is 0 Å². The molecule has 136 valence electrons. The van der Waals surface area contributed by atoms with Crippen molar-refractivity contribution in [1.82, 2.24) is 0 Å². The number of hydrogen-bond acceptors (Lipinski definition) is 4. The third-order valence-corrected chi connectivity index (χ3v) is 7.26. The summed E-state index contributed by atoms with van der Waals surface area (Å²) in [4.78, 5) is -2.37. The summed E-state index contributed by atoms with van der Waals surface area (Å²) in [5.74, 6) is -1.12. The zero-order valence-electron chi connectivity index (χ0n) is 12.7. The lowest BCUT2D eigenvalue weighted by molar-refractivity contribution is -0.137. The lowest BCUT2D eigenvalue weighted by Gasteiger charge is -2.40. The van der Waals surface area contributed by atoms with Crippen LogP contribution in [0.25, 0.3) is 0 Å². The lowest BCUT2D eigenvalue weighted by atomic mass is 9.97. The van der Waals surface area contributed by atoms with Crippen molar-refractivity contribution >= 4 is 20.9 Å². The highest BCUT2D eigenvalue weighted by Crippen LogP contribution is 2.41. The van der Waals surface area contributed by atoms with Crippen molar-refractivity contribution in [3.8, 4) is 0 Å². The molecule has 3 unspecified atom stereocenters. The maximum Gasteiger partial charge on any atom is 0.416 e. The van der Waals surface area contributed by atoms with Crippen molar-refractivity contribution in [2.45, 2.75) is 35.8 Å². The van der Waals surface area contributed by atoms with Crippen LogP contribution in [0.3, 0.4) is 0 Å². The summed E-state index contributed by atoms with van der Waals surface area (Å²) >= 11 is -2.24. The Morgan fingerprint density at radius 1 is 1.42 bits per heavy atom. The van der Waals surface area contributed by atoms with Crippen LogP contribution in [0.4, 0.5) is 13.2 Å². The van der Waals surface area contributed by atoms with Gasteiger partial charge in [0.1, 0.15) is 0 Å². The Labute approximate surface area is 140 Å². The fourth-order valence-corrected chi connectivity index (χ4v) is 5.58. The maximum atomic E-state index is 12.9. The van der Waals surface area contributed by atoms with Gasteiger partial charge in [0.2, 0.25) is 9.84 Å². The maximum absolute atomic E-state index is 12.9. The second-order valence-corrected chi connectivity index (χ2v) is 8.99. The molecule has 1 aliphatic rings. The van der Waals surface area contributed by atoms with Gasteiger partial charge < -0.3 is 9.29 Å². The summed E-state index contributed by atoms with van der Waals surface area (Å²) in [6.45, 7) is 1.36. The van der Waals surface area contributed by atoms with Crippen molar-refractivity contribution in [3.05, 3.63) is 29.8 Å². The Kier molecular flexibility index (Phi) is 5.43. The highest BCUT2D eigenvalue weighted by molar-refractivity contribution is 7.92. The Bertz CT molecular complexity index is 732. The fraction of sp³-hybridized carbons (Fsp3) is 0.571. The predicted octanol–water partition coefficient (Wildman–Crippen LogP) is 2.84. The van der Waals surface area contributed by atoms with Crippen molar-refractivity contribution in [2.24, 2.45) is 5.92 Å². The Balaban J connectivity index is 2.49. The van der Waals surface area contributed by atoms with Crippen LogP contribution in [0.15, 0.2) is 29.2 Å². The molecule has 3 atom stereocenters. The van der Waals surface area contributed by atoms with Gasteiger partial charge in [-0.1, -0.05) is 6.07 Å². The van der Waals surface area contributed by atoms with Crippen molar-refractivity contribution < 1.29 is 35.1 Å². The standard InChI is InChI=1S/C14H17F3O5S2/c1-13(11(9-23(18)19)5-3-7-22-13)24(20,21)12-6-2-4-10(8-12)14(15,16)17/h2,4,6,8,11H,3,5,7,9H2,1H3,(H,18,19). The van der Waals surface area contributed by atoms with E-state index in [1.54, 1.807) is 0 Å². The molecule has 0 spiro atoms. The molecule has 1 aromatic rings. The number of ether oxygens (including phenoxy) is 1. The predicted molar refractivity (Wildman–Crippen MR) is 81.3 cm³/mol. The van der Waals surface area contributed by atoms with E-state index in [1.165, 1.54) is 6.92 Å². The van der Waals surface area contributed by atoms with E-state index >= 15 is 0 Å². The van der Waals surface area contributed by atoms with E-state index in [9.17, 15) is 25.8 Å². The molecule has 2 rings (SSSR count). The quantitative estimate of drug-likeness (QED) is 0.805. The molecule has 5 nitrogen and oxygen atoms in total. The van der Waals surface area contributed by atoms with Gasteiger partial charge in [-0.3, -0.25) is 0 Å². The van der Waals surface area contributed by atoms with Crippen LogP contribution in [-0.2, 0) is 31.8 Å². The normalized spacial score (nSPS) is 27.0. The first-order valence-corrected chi connectivity index (χ1v) is 9.87. The molecular formula is C14H17F3O5S2. The molecule has 1 aliphatic heterocycles. The van der Waals surface area contributed by atoms with Crippen LogP contribution in [0, 0.1) is 5.92 Å². The minimum absolute atomic E-state index is 0.114. The third-order valence-electron chi connectivity index (χ3n) is 4.18. The fourth-order valence-electron chi connectivity index (χ4n) is 2.76. The van der Waals surface area contributed by atoms with Gasteiger partial charge in [-0.2, -0.15) is 13.2 Å². The van der Waals surface area contributed by atoms with E-state index < -0.39 is 48.4 Å². The molecule has 10 heteroatoms. The van der Waals surface area contributed by atoms with Gasteiger partial charge in [-0.15, -0.1) is 0 Å². The van der Waals surface area contributed by atoms with E-state index in [-0.39, 0.29) is 12.4 Å². The number of sulfone groups is 1. The van der Waals surface area contributed by atoms with Crippen molar-refractivity contribution in [1.29, 1.82) is 0 Å². The minimum Gasteiger partial charge on any atom is -0.359 e. The molecule has 1 N–H and O–H groups in total. The largest absolute Gasteiger partial charge is 0.416 e. The second kappa shape index (κ2) is 6.74. The summed E-state index contributed by atoms with van der Waals surface area (Å²) in [5, 5.41) is 0. The van der Waals surface area contributed by atoms with E-state index in [1.807, 2.05) is 0 Å². The smallest absolute Gasteiger partial charge is 0.359 e. The molecule has 1 heterocycles. The first-order valence-electron chi connectivity index (χ1n) is 7.12. The van der Waals surface area contributed by atoms with Crippen LogP contribution >= 0.6 is 0 Å². The molecule has 0 saturated carbocycles. The van der Waals surface area contributed by atoms with Gasteiger partial charge in [0.25, 0.3) is 0 Å². The number of benzene rings is 1. The second-order valence-electron chi connectivity index (χ2n) is 5.72. The summed E-state index contributed by atoms with van der Waals surface area (Å²) in [7, 11) is -4.31. The lowest BCUT2D eigenvalue weighted by Crippen LogP contribution is -2.50. The highest BCUT2D eigenvalue weighted by atomic mass is 32.2. The zero-order valence-corrected chi connectivity index (χ0v) is 14.4. The van der Waals surface area contributed by atoms with Crippen LogP contribution in [0.1, 0.15) is 25.3 Å². The highest BCUT2D eigenvalue weighted by Gasteiger charge is 2.50. The average molecular weight is 386 g/mol. The number of halogens is 3. The van der Waals surface area contributed by atoms with Crippen LogP contribution < -0.4 is 0 Å². The molecule has 1 fully saturated rings. The molecule has 0 aliphatic carbocycles. The summed E-state index contributed by atoms with van der Waals surface area (Å²) in [6.07, 6.45) is -3.83. The molecule has 0 amide bonds. The molecule has 24 heavy (non-hydrogen) atoms. The molecule has 1 saturated heterocycles. The van der Waals surface area contributed by atoms with Crippen molar-refractivity contribution in [2.75, 3.05) is 12.4 Å². The van der Waals surface area contributed by atoms with Crippen LogP contribution in [0.5, 0.6) is 0 Å². The van der Waals surface area contributed by atoms with Gasteiger partial charge >= 0.3 is 6.18 Å². The number of hydrogen-bond donors (Lipinski definition) is 1. The minimum atomic E-state index is -4.67.